The molecule has 3 aromatic rings. The molecule has 0 fully saturated rings. The number of hydrogen-bond donors (Lipinski definition) is 1. The first kappa shape index (κ1) is 23.0. The lowest BCUT2D eigenvalue weighted by atomic mass is 10.0. The Labute approximate surface area is 190 Å². The molecule has 0 aliphatic heterocycles. The molecule has 32 heavy (non-hydrogen) atoms. The number of pyridine rings is 1. The molecule has 164 valence electrons. The van der Waals surface area contributed by atoms with Crippen molar-refractivity contribution in [3.63, 3.8) is 0 Å². The summed E-state index contributed by atoms with van der Waals surface area (Å²) in [7, 11) is 3.37. The summed E-state index contributed by atoms with van der Waals surface area (Å²) in [5, 5.41) is 13.5. The zero-order valence-corrected chi connectivity index (χ0v) is 18.7. The summed E-state index contributed by atoms with van der Waals surface area (Å²) in [5.41, 5.74) is 2.84. The molecule has 0 bridgehead atoms. The third-order valence-electron chi connectivity index (χ3n) is 4.70. The van der Waals surface area contributed by atoms with E-state index >= 15 is 0 Å². The summed E-state index contributed by atoms with van der Waals surface area (Å²) in [5.74, 6) is 0.00248. The van der Waals surface area contributed by atoms with Crippen LogP contribution in [0.15, 0.2) is 48.7 Å². The average Bonchev–Trinajstić information content (AvgIpc) is 2.77. The van der Waals surface area contributed by atoms with Crippen molar-refractivity contribution in [2.45, 2.75) is 13.3 Å². The van der Waals surface area contributed by atoms with Gasteiger partial charge in [0.15, 0.2) is 0 Å². The first-order valence-corrected chi connectivity index (χ1v) is 10.3. The number of ether oxygens (including phenoxy) is 1. The van der Waals surface area contributed by atoms with E-state index in [1.165, 1.54) is 29.3 Å². The Morgan fingerprint density at radius 2 is 2.12 bits per heavy atom. The van der Waals surface area contributed by atoms with Gasteiger partial charge in [0.05, 0.1) is 28.4 Å². The first-order valence-electron chi connectivity index (χ1n) is 9.92. The maximum Gasteiger partial charge on any atom is 0.245 e. The number of rotatable bonds is 7. The van der Waals surface area contributed by atoms with Gasteiger partial charge in [0, 0.05) is 37.4 Å². The number of benzene rings is 2. The van der Waals surface area contributed by atoms with Gasteiger partial charge < -0.3 is 15.0 Å². The third-order valence-corrected chi connectivity index (χ3v) is 4.99. The van der Waals surface area contributed by atoms with Crippen LogP contribution < -0.4 is 10.1 Å². The number of anilines is 2. The van der Waals surface area contributed by atoms with Crippen LogP contribution in [0.25, 0.3) is 10.9 Å². The molecule has 1 amide bonds. The summed E-state index contributed by atoms with van der Waals surface area (Å²) < 4.78 is 19.3. The maximum absolute atomic E-state index is 13.6. The van der Waals surface area contributed by atoms with Gasteiger partial charge in [-0.1, -0.05) is 17.7 Å². The average molecular weight is 453 g/mol. The smallest absolute Gasteiger partial charge is 0.245 e. The van der Waals surface area contributed by atoms with Crippen molar-refractivity contribution in [3.05, 3.63) is 70.6 Å². The predicted octanol–water partition coefficient (Wildman–Crippen LogP) is 5.23. The highest BCUT2D eigenvalue weighted by molar-refractivity contribution is 6.31. The second-order valence-electron chi connectivity index (χ2n) is 7.16. The number of halogens is 2. The summed E-state index contributed by atoms with van der Waals surface area (Å²) in [4.78, 5) is 17.7. The molecule has 6 nitrogen and oxygen atoms in total. The fourth-order valence-corrected chi connectivity index (χ4v) is 3.27. The van der Waals surface area contributed by atoms with Gasteiger partial charge in [-0.3, -0.25) is 9.78 Å². The highest BCUT2D eigenvalue weighted by Gasteiger charge is 2.14. The Bertz CT molecular complexity index is 1230. The number of nitrogens with one attached hydrogen (secondary N) is 1. The fraction of sp³-hybridized carbons (Fsp3) is 0.208. The Hall–Kier alpha value is -3.63. The van der Waals surface area contributed by atoms with E-state index < -0.39 is 5.82 Å². The van der Waals surface area contributed by atoms with Crippen LogP contribution in [-0.2, 0) is 11.2 Å². The highest BCUT2D eigenvalue weighted by Crippen LogP contribution is 2.34. The van der Waals surface area contributed by atoms with E-state index in [0.717, 1.165) is 5.56 Å². The van der Waals surface area contributed by atoms with Crippen molar-refractivity contribution < 1.29 is 13.9 Å². The molecule has 0 saturated heterocycles. The Balaban J connectivity index is 2.10. The monoisotopic (exact) mass is 452 g/mol. The number of fused-ring (bicyclic) bond motifs is 1. The number of aromatic nitrogens is 1. The van der Waals surface area contributed by atoms with E-state index in [-0.39, 0.29) is 10.9 Å². The van der Waals surface area contributed by atoms with Crippen LogP contribution in [-0.4, -0.2) is 36.5 Å². The Morgan fingerprint density at radius 3 is 2.78 bits per heavy atom. The second kappa shape index (κ2) is 10.1. The minimum atomic E-state index is -0.528. The zero-order valence-electron chi connectivity index (χ0n) is 17.9. The van der Waals surface area contributed by atoms with Gasteiger partial charge in [-0.15, -0.1) is 0 Å². The normalized spacial score (nSPS) is 10.9. The Morgan fingerprint density at radius 1 is 1.34 bits per heavy atom. The number of nitrogens with zero attached hydrogens (tertiary/aromatic N) is 3. The van der Waals surface area contributed by atoms with Crippen molar-refractivity contribution in [1.29, 1.82) is 5.26 Å². The van der Waals surface area contributed by atoms with E-state index in [2.05, 4.69) is 16.4 Å². The molecule has 2 aromatic carbocycles. The van der Waals surface area contributed by atoms with E-state index in [0.29, 0.717) is 46.6 Å². The highest BCUT2D eigenvalue weighted by atomic mass is 35.5. The molecule has 1 N–H and O–H groups in total. The number of hydrogen-bond acceptors (Lipinski definition) is 5. The van der Waals surface area contributed by atoms with Gasteiger partial charge in [0.25, 0.3) is 0 Å². The van der Waals surface area contributed by atoms with Gasteiger partial charge in [0.1, 0.15) is 17.6 Å². The van der Waals surface area contributed by atoms with Gasteiger partial charge in [-0.25, -0.2) is 4.39 Å². The van der Waals surface area contributed by atoms with Crippen LogP contribution in [0.4, 0.5) is 15.8 Å². The summed E-state index contributed by atoms with van der Waals surface area (Å²) in [6.07, 6.45) is 5.19. The van der Waals surface area contributed by atoms with Crippen molar-refractivity contribution in [1.82, 2.24) is 9.88 Å². The molecule has 1 aromatic heterocycles. The van der Waals surface area contributed by atoms with Crippen molar-refractivity contribution in [2.24, 2.45) is 0 Å². The van der Waals surface area contributed by atoms with Crippen molar-refractivity contribution in [3.8, 4) is 11.8 Å². The predicted molar refractivity (Wildman–Crippen MR) is 124 cm³/mol. The third kappa shape index (κ3) is 5.16. The van der Waals surface area contributed by atoms with Crippen LogP contribution in [0.5, 0.6) is 5.75 Å². The molecule has 0 aliphatic rings. The number of likely N-dealkylation sites (N-methyl/N-ethyl adjacent to an activating group) is 1. The van der Waals surface area contributed by atoms with E-state index in [4.69, 9.17) is 16.3 Å². The lowest BCUT2D eigenvalue weighted by Crippen LogP contribution is -2.18. The molecule has 0 atom stereocenters. The van der Waals surface area contributed by atoms with E-state index in [1.807, 2.05) is 13.0 Å². The molecule has 8 heteroatoms. The van der Waals surface area contributed by atoms with Gasteiger partial charge in [-0.2, -0.15) is 5.26 Å². The van der Waals surface area contributed by atoms with Crippen LogP contribution in [0.1, 0.15) is 18.1 Å². The number of carbonyl (C=O) groups excluding carboxylic acids is 1. The fourth-order valence-electron chi connectivity index (χ4n) is 3.09. The summed E-state index contributed by atoms with van der Waals surface area (Å²) in [6, 6.07) is 10.1. The molecule has 0 spiro atoms. The van der Waals surface area contributed by atoms with E-state index in [9.17, 15) is 14.4 Å². The van der Waals surface area contributed by atoms with Crippen LogP contribution in [0.2, 0.25) is 5.02 Å². The minimum Gasteiger partial charge on any atom is -0.494 e. The molecule has 3 rings (SSSR count). The largest absolute Gasteiger partial charge is 0.494 e. The van der Waals surface area contributed by atoms with Crippen molar-refractivity contribution in [2.75, 3.05) is 26.0 Å². The zero-order chi connectivity index (χ0) is 23.3. The minimum absolute atomic E-state index is 0.0260. The van der Waals surface area contributed by atoms with Crippen LogP contribution >= 0.6 is 11.6 Å². The molecular formula is C24H22ClFN4O2. The molecule has 0 saturated carbocycles. The quantitative estimate of drug-likeness (QED) is 0.497. The molecule has 0 radical (unpaired) electrons. The lowest BCUT2D eigenvalue weighted by molar-refractivity contribution is -0.123. The maximum atomic E-state index is 13.6. The molecular weight excluding hydrogens is 431 g/mol. The standard InChI is InChI=1S/C24H22ClFN4O2/c1-4-32-22-12-21-18(10-15(22)6-5-7-23(31)30(2)3)24(16(13-27)14-28-21)29-17-8-9-20(26)19(25)11-17/h5,7-12,14H,4,6H2,1-3H3,(H,28,29)/b7-5+. The number of carbonyl (C=O) groups is 1. The second-order valence-corrected chi connectivity index (χ2v) is 7.57. The van der Waals surface area contributed by atoms with Crippen LogP contribution in [0.3, 0.4) is 0 Å². The lowest BCUT2D eigenvalue weighted by Gasteiger charge is -2.15. The topological polar surface area (TPSA) is 78.2 Å². The summed E-state index contributed by atoms with van der Waals surface area (Å²) in [6.45, 7) is 2.35. The first-order chi connectivity index (χ1) is 15.3. The Kier molecular flexibility index (Phi) is 7.29. The van der Waals surface area contributed by atoms with Gasteiger partial charge in [0.2, 0.25) is 5.91 Å². The van der Waals surface area contributed by atoms with E-state index in [1.54, 1.807) is 32.3 Å². The number of nitriles is 1. The SMILES string of the molecule is CCOc1cc2ncc(C#N)c(Nc3ccc(F)c(Cl)c3)c2cc1C/C=C/C(=O)N(C)C. The van der Waals surface area contributed by atoms with Crippen LogP contribution in [0, 0.1) is 17.1 Å². The molecule has 0 unspecified atom stereocenters. The molecule has 1 heterocycles. The van der Waals surface area contributed by atoms with Gasteiger partial charge >= 0.3 is 0 Å². The number of amides is 1. The van der Waals surface area contributed by atoms with Crippen molar-refractivity contribution >= 4 is 39.8 Å². The number of allylic oxidation sites excluding steroid dienone is 1. The summed E-state index contributed by atoms with van der Waals surface area (Å²) >= 11 is 5.91. The van der Waals surface area contributed by atoms with Gasteiger partial charge in [-0.05, 0) is 49.2 Å². The molecule has 0 aliphatic carbocycles.